The molecule has 27 heavy (non-hydrogen) atoms. The number of nitrogens with zero attached hydrogens (tertiary/aromatic N) is 3. The number of nitrogens with one attached hydrogen (secondary N) is 1. The minimum Gasteiger partial charge on any atom is -0.371 e. The SMILES string of the molecule is Cc1ccccc1-c1cccc(N2CCC(NCc3cnn(C)c3)CC2)c1. The first kappa shape index (κ1) is 17.8. The van der Waals surface area contributed by atoms with Gasteiger partial charge in [0.15, 0.2) is 0 Å². The van der Waals surface area contributed by atoms with Crippen molar-refractivity contribution < 1.29 is 0 Å². The van der Waals surface area contributed by atoms with Crippen molar-refractivity contribution in [3.8, 4) is 11.1 Å². The Morgan fingerprint density at radius 3 is 2.63 bits per heavy atom. The summed E-state index contributed by atoms with van der Waals surface area (Å²) in [6, 6.07) is 18.2. The fraction of sp³-hybridized carbons (Fsp3) is 0.348. The summed E-state index contributed by atoms with van der Waals surface area (Å²) < 4.78 is 1.86. The van der Waals surface area contributed by atoms with Crippen molar-refractivity contribution in [2.24, 2.45) is 7.05 Å². The Balaban J connectivity index is 1.37. The van der Waals surface area contributed by atoms with Crippen LogP contribution < -0.4 is 10.2 Å². The maximum Gasteiger partial charge on any atom is 0.0534 e. The molecule has 0 saturated carbocycles. The van der Waals surface area contributed by atoms with Gasteiger partial charge in [-0.3, -0.25) is 4.68 Å². The van der Waals surface area contributed by atoms with Gasteiger partial charge < -0.3 is 10.2 Å². The zero-order chi connectivity index (χ0) is 18.6. The molecule has 0 aliphatic carbocycles. The van der Waals surface area contributed by atoms with Crippen LogP contribution in [-0.2, 0) is 13.6 Å². The number of hydrogen-bond donors (Lipinski definition) is 1. The second-order valence-corrected chi connectivity index (χ2v) is 7.53. The van der Waals surface area contributed by atoms with E-state index in [2.05, 4.69) is 77.0 Å². The van der Waals surface area contributed by atoms with Gasteiger partial charge in [-0.05, 0) is 48.6 Å². The molecule has 4 heteroatoms. The van der Waals surface area contributed by atoms with Crippen LogP contribution >= 0.6 is 0 Å². The van der Waals surface area contributed by atoms with Gasteiger partial charge >= 0.3 is 0 Å². The number of benzene rings is 2. The monoisotopic (exact) mass is 360 g/mol. The Hall–Kier alpha value is -2.59. The molecule has 1 aliphatic rings. The summed E-state index contributed by atoms with van der Waals surface area (Å²) in [4.78, 5) is 2.52. The molecule has 0 spiro atoms. The minimum atomic E-state index is 0.584. The third-order valence-electron chi connectivity index (χ3n) is 5.52. The highest BCUT2D eigenvalue weighted by atomic mass is 15.2. The fourth-order valence-corrected chi connectivity index (χ4v) is 3.93. The van der Waals surface area contributed by atoms with Crippen LogP contribution in [0.3, 0.4) is 0 Å². The second kappa shape index (κ2) is 7.97. The van der Waals surface area contributed by atoms with E-state index in [1.807, 2.05) is 17.9 Å². The molecule has 0 bridgehead atoms. The summed E-state index contributed by atoms with van der Waals surface area (Å²) in [7, 11) is 1.97. The quantitative estimate of drug-likeness (QED) is 0.742. The van der Waals surface area contributed by atoms with Crippen LogP contribution in [0.5, 0.6) is 0 Å². The zero-order valence-electron chi connectivity index (χ0n) is 16.2. The summed E-state index contributed by atoms with van der Waals surface area (Å²) >= 11 is 0. The Bertz CT molecular complexity index is 891. The van der Waals surface area contributed by atoms with Gasteiger partial charge in [0.1, 0.15) is 0 Å². The zero-order valence-corrected chi connectivity index (χ0v) is 16.2. The maximum absolute atomic E-state index is 4.24. The Morgan fingerprint density at radius 2 is 1.89 bits per heavy atom. The van der Waals surface area contributed by atoms with Gasteiger partial charge in [-0.1, -0.05) is 36.4 Å². The summed E-state index contributed by atoms with van der Waals surface area (Å²) in [5.74, 6) is 0. The normalized spacial score (nSPS) is 15.3. The lowest BCUT2D eigenvalue weighted by atomic mass is 9.99. The molecule has 0 radical (unpaired) electrons. The van der Waals surface area contributed by atoms with E-state index in [0.29, 0.717) is 6.04 Å². The van der Waals surface area contributed by atoms with Crippen molar-refractivity contribution >= 4 is 5.69 Å². The van der Waals surface area contributed by atoms with Crippen molar-refractivity contribution in [1.82, 2.24) is 15.1 Å². The molecule has 2 heterocycles. The summed E-state index contributed by atoms with van der Waals surface area (Å²) in [5.41, 5.74) is 6.55. The van der Waals surface area contributed by atoms with E-state index < -0.39 is 0 Å². The van der Waals surface area contributed by atoms with Gasteiger partial charge in [-0.2, -0.15) is 5.10 Å². The van der Waals surface area contributed by atoms with Crippen molar-refractivity contribution in [2.45, 2.75) is 32.4 Å². The number of aromatic nitrogens is 2. The lowest BCUT2D eigenvalue weighted by Gasteiger charge is -2.34. The first-order chi connectivity index (χ1) is 13.2. The molecule has 1 fully saturated rings. The van der Waals surface area contributed by atoms with Crippen LogP contribution in [0.25, 0.3) is 11.1 Å². The molecule has 0 amide bonds. The number of piperidine rings is 1. The average molecular weight is 361 g/mol. The molecule has 1 aliphatic heterocycles. The molecule has 4 nitrogen and oxygen atoms in total. The third kappa shape index (κ3) is 4.22. The molecule has 3 aromatic rings. The lowest BCUT2D eigenvalue weighted by molar-refractivity contribution is 0.414. The molecule has 2 aromatic carbocycles. The van der Waals surface area contributed by atoms with Gasteiger partial charge in [0.25, 0.3) is 0 Å². The number of hydrogen-bond acceptors (Lipinski definition) is 3. The van der Waals surface area contributed by atoms with Crippen LogP contribution in [0.4, 0.5) is 5.69 Å². The fourth-order valence-electron chi connectivity index (χ4n) is 3.93. The van der Waals surface area contributed by atoms with Gasteiger partial charge in [-0.25, -0.2) is 0 Å². The number of aryl methyl sites for hydroxylation is 2. The van der Waals surface area contributed by atoms with E-state index in [0.717, 1.165) is 19.6 Å². The molecular weight excluding hydrogens is 332 g/mol. The van der Waals surface area contributed by atoms with Crippen molar-refractivity contribution in [3.05, 3.63) is 72.1 Å². The van der Waals surface area contributed by atoms with E-state index in [9.17, 15) is 0 Å². The van der Waals surface area contributed by atoms with Crippen LogP contribution in [0, 0.1) is 6.92 Å². The molecular formula is C23H28N4. The standard InChI is InChI=1S/C23H28N4/c1-18-6-3-4-9-23(18)20-7-5-8-22(14-20)27-12-10-21(11-13-27)24-15-19-16-25-26(2)17-19/h3-9,14,16-17,21,24H,10-13,15H2,1-2H3. The van der Waals surface area contributed by atoms with Gasteiger partial charge in [0.2, 0.25) is 0 Å². The number of rotatable bonds is 5. The third-order valence-corrected chi connectivity index (χ3v) is 5.52. The van der Waals surface area contributed by atoms with Gasteiger partial charge in [0, 0.05) is 50.2 Å². The lowest BCUT2D eigenvalue weighted by Crippen LogP contribution is -2.42. The predicted molar refractivity (Wildman–Crippen MR) is 112 cm³/mol. The molecule has 4 rings (SSSR count). The average Bonchev–Trinajstić information content (AvgIpc) is 3.12. The highest BCUT2D eigenvalue weighted by Gasteiger charge is 2.19. The maximum atomic E-state index is 4.24. The van der Waals surface area contributed by atoms with E-state index in [-0.39, 0.29) is 0 Å². The van der Waals surface area contributed by atoms with Gasteiger partial charge in [0.05, 0.1) is 6.20 Å². The minimum absolute atomic E-state index is 0.584. The van der Waals surface area contributed by atoms with E-state index in [1.165, 1.54) is 40.8 Å². The summed E-state index contributed by atoms with van der Waals surface area (Å²) in [6.07, 6.45) is 6.38. The molecule has 140 valence electrons. The number of anilines is 1. The van der Waals surface area contributed by atoms with Crippen molar-refractivity contribution in [2.75, 3.05) is 18.0 Å². The first-order valence-electron chi connectivity index (χ1n) is 9.81. The molecule has 1 N–H and O–H groups in total. The highest BCUT2D eigenvalue weighted by Crippen LogP contribution is 2.28. The molecule has 1 saturated heterocycles. The topological polar surface area (TPSA) is 33.1 Å². The van der Waals surface area contributed by atoms with Crippen LogP contribution in [0.1, 0.15) is 24.0 Å². The Labute approximate surface area is 161 Å². The summed E-state index contributed by atoms with van der Waals surface area (Å²) in [6.45, 7) is 5.28. The highest BCUT2D eigenvalue weighted by molar-refractivity contribution is 5.71. The summed E-state index contributed by atoms with van der Waals surface area (Å²) in [5, 5.41) is 7.93. The Morgan fingerprint density at radius 1 is 1.07 bits per heavy atom. The van der Waals surface area contributed by atoms with Crippen LogP contribution in [0.15, 0.2) is 60.9 Å². The smallest absolute Gasteiger partial charge is 0.0534 e. The molecule has 0 unspecified atom stereocenters. The van der Waals surface area contributed by atoms with Crippen molar-refractivity contribution in [1.29, 1.82) is 0 Å². The van der Waals surface area contributed by atoms with Crippen LogP contribution in [0.2, 0.25) is 0 Å². The Kier molecular flexibility index (Phi) is 5.26. The van der Waals surface area contributed by atoms with Crippen LogP contribution in [-0.4, -0.2) is 28.9 Å². The predicted octanol–water partition coefficient (Wildman–Crippen LogP) is 4.15. The van der Waals surface area contributed by atoms with Crippen molar-refractivity contribution in [3.63, 3.8) is 0 Å². The molecule has 0 atom stereocenters. The van der Waals surface area contributed by atoms with E-state index in [4.69, 9.17) is 0 Å². The van der Waals surface area contributed by atoms with E-state index in [1.54, 1.807) is 0 Å². The first-order valence-corrected chi connectivity index (χ1v) is 9.81. The van der Waals surface area contributed by atoms with E-state index >= 15 is 0 Å². The second-order valence-electron chi connectivity index (χ2n) is 7.53. The molecule has 1 aromatic heterocycles. The van der Waals surface area contributed by atoms with Gasteiger partial charge in [-0.15, -0.1) is 0 Å². The largest absolute Gasteiger partial charge is 0.371 e.